The van der Waals surface area contributed by atoms with E-state index >= 15 is 0 Å². The summed E-state index contributed by atoms with van der Waals surface area (Å²) in [4.78, 5) is 9.62. The van der Waals surface area contributed by atoms with Crippen molar-refractivity contribution in [2.45, 2.75) is 13.1 Å². The number of alkyl halides is 3. The zero-order valence-electron chi connectivity index (χ0n) is 8.34. The highest BCUT2D eigenvalue weighted by molar-refractivity contribution is 5.58. The largest absolute Gasteiger partial charge is 0.451 e. The fourth-order valence-electron chi connectivity index (χ4n) is 1.33. The minimum absolute atomic E-state index is 0.265. The van der Waals surface area contributed by atoms with Crippen LogP contribution < -0.4 is 0 Å². The van der Waals surface area contributed by atoms with Crippen molar-refractivity contribution >= 4 is 0 Å². The quantitative estimate of drug-likeness (QED) is 0.813. The molecule has 6 heteroatoms. The molecule has 2 rings (SSSR count). The van der Waals surface area contributed by atoms with Crippen molar-refractivity contribution in [3.63, 3.8) is 0 Å². The molecule has 0 unspecified atom stereocenters. The van der Waals surface area contributed by atoms with E-state index in [1.165, 1.54) is 13.0 Å². The Balaban J connectivity index is 2.53. The van der Waals surface area contributed by atoms with Crippen LogP contribution in [0.4, 0.5) is 13.2 Å². The predicted molar refractivity (Wildman–Crippen MR) is 51.6 cm³/mol. The highest BCUT2D eigenvalue weighted by Crippen LogP contribution is 2.28. The highest BCUT2D eigenvalue weighted by atomic mass is 19.4. The van der Waals surface area contributed by atoms with E-state index in [9.17, 15) is 13.2 Å². The summed E-state index contributed by atoms with van der Waals surface area (Å²) in [6.45, 7) is 1.51. The van der Waals surface area contributed by atoms with Crippen molar-refractivity contribution in [1.29, 1.82) is 0 Å². The van der Waals surface area contributed by atoms with Gasteiger partial charge < -0.3 is 4.98 Å². The van der Waals surface area contributed by atoms with E-state index in [1.54, 1.807) is 18.5 Å². The van der Waals surface area contributed by atoms with Crippen LogP contribution in [0.2, 0.25) is 0 Å². The highest BCUT2D eigenvalue weighted by Gasteiger charge is 2.35. The third-order valence-electron chi connectivity index (χ3n) is 2.00. The molecule has 0 amide bonds. The fourth-order valence-corrected chi connectivity index (χ4v) is 1.33. The summed E-state index contributed by atoms with van der Waals surface area (Å²) in [5.41, 5.74) is 1.16. The van der Waals surface area contributed by atoms with E-state index in [-0.39, 0.29) is 5.69 Å². The molecule has 3 nitrogen and oxygen atoms in total. The summed E-state index contributed by atoms with van der Waals surface area (Å²) in [7, 11) is 0. The van der Waals surface area contributed by atoms with Crippen LogP contribution in [0.3, 0.4) is 0 Å². The van der Waals surface area contributed by atoms with E-state index in [2.05, 4.69) is 15.0 Å². The number of aromatic nitrogens is 3. The van der Waals surface area contributed by atoms with Gasteiger partial charge in [0, 0.05) is 23.7 Å². The molecule has 2 aromatic heterocycles. The van der Waals surface area contributed by atoms with Crippen LogP contribution in [0, 0.1) is 6.92 Å². The lowest BCUT2D eigenvalue weighted by molar-refractivity contribution is -0.145. The first kappa shape index (κ1) is 10.7. The maximum atomic E-state index is 12.5. The molecule has 0 aliphatic carbocycles. The average molecular weight is 227 g/mol. The number of hydrogen-bond acceptors (Lipinski definition) is 2. The maximum absolute atomic E-state index is 12.5. The van der Waals surface area contributed by atoms with Crippen molar-refractivity contribution in [3.8, 4) is 11.3 Å². The minimum Gasteiger partial charge on any atom is -0.367 e. The molecule has 0 aromatic carbocycles. The molecular weight excluding hydrogens is 219 g/mol. The number of halogens is 3. The Morgan fingerprint density at radius 1 is 1.25 bits per heavy atom. The first-order chi connectivity index (χ1) is 7.47. The van der Waals surface area contributed by atoms with Gasteiger partial charge in [-0.1, -0.05) is 0 Å². The smallest absolute Gasteiger partial charge is 0.367 e. The van der Waals surface area contributed by atoms with Gasteiger partial charge in [0.1, 0.15) is 0 Å². The Morgan fingerprint density at radius 2 is 2.00 bits per heavy atom. The van der Waals surface area contributed by atoms with Crippen LogP contribution in [0.25, 0.3) is 11.3 Å². The van der Waals surface area contributed by atoms with Crippen molar-refractivity contribution < 1.29 is 13.2 Å². The molecule has 0 spiro atoms. The van der Waals surface area contributed by atoms with Crippen LogP contribution in [-0.4, -0.2) is 15.0 Å². The summed E-state index contributed by atoms with van der Waals surface area (Å²) in [6.07, 6.45) is -1.31. The second-order valence-corrected chi connectivity index (χ2v) is 3.32. The van der Waals surface area contributed by atoms with Crippen LogP contribution in [-0.2, 0) is 6.18 Å². The summed E-state index contributed by atoms with van der Waals surface area (Å²) in [5, 5.41) is 0. The maximum Gasteiger partial charge on any atom is 0.451 e. The molecule has 2 heterocycles. The summed E-state index contributed by atoms with van der Waals surface area (Å²) >= 11 is 0. The first-order valence-corrected chi connectivity index (χ1v) is 4.53. The number of nitrogens with zero attached hydrogens (tertiary/aromatic N) is 2. The molecule has 0 atom stereocenters. The van der Waals surface area contributed by atoms with E-state index in [0.29, 0.717) is 11.3 Å². The number of aryl methyl sites for hydroxylation is 1. The Kier molecular flexibility index (Phi) is 2.41. The lowest BCUT2D eigenvalue weighted by atomic mass is 10.2. The molecule has 0 saturated carbocycles. The van der Waals surface area contributed by atoms with Gasteiger partial charge in [0.2, 0.25) is 5.82 Å². The van der Waals surface area contributed by atoms with Crippen molar-refractivity contribution in [3.05, 3.63) is 36.0 Å². The van der Waals surface area contributed by atoms with E-state index in [1.807, 2.05) is 0 Å². The average Bonchev–Trinajstić information content (AvgIpc) is 2.68. The Labute approximate surface area is 89.4 Å². The van der Waals surface area contributed by atoms with Gasteiger partial charge in [0.25, 0.3) is 0 Å². The molecule has 84 valence electrons. The standard InChI is InChI=1S/C10H8F3N3/c1-6-4-8(7-2-3-14-5-7)16-9(15-6)10(11,12)13/h2-5,14H,1H3. The summed E-state index contributed by atoms with van der Waals surface area (Å²) < 4.78 is 37.4. The molecule has 0 bridgehead atoms. The molecular formula is C10H8F3N3. The first-order valence-electron chi connectivity index (χ1n) is 4.53. The Hall–Kier alpha value is -1.85. The summed E-state index contributed by atoms with van der Waals surface area (Å²) in [5.74, 6) is -1.11. The van der Waals surface area contributed by atoms with Gasteiger partial charge in [0.05, 0.1) is 5.69 Å². The predicted octanol–water partition coefficient (Wildman–Crippen LogP) is 2.80. The molecule has 1 N–H and O–H groups in total. The van der Waals surface area contributed by atoms with Gasteiger partial charge in [-0.05, 0) is 19.1 Å². The van der Waals surface area contributed by atoms with Gasteiger partial charge in [0.15, 0.2) is 0 Å². The van der Waals surface area contributed by atoms with Gasteiger partial charge >= 0.3 is 6.18 Å². The van der Waals surface area contributed by atoms with E-state index in [4.69, 9.17) is 0 Å². The molecule has 0 aliphatic heterocycles. The van der Waals surface area contributed by atoms with Crippen molar-refractivity contribution in [2.24, 2.45) is 0 Å². The van der Waals surface area contributed by atoms with Gasteiger partial charge in [-0.25, -0.2) is 9.97 Å². The molecule has 0 saturated heterocycles. The van der Waals surface area contributed by atoms with Gasteiger partial charge in [-0.3, -0.25) is 0 Å². The second kappa shape index (κ2) is 3.62. The molecule has 0 radical (unpaired) electrons. The third kappa shape index (κ3) is 2.05. The lowest BCUT2D eigenvalue weighted by Crippen LogP contribution is -2.12. The van der Waals surface area contributed by atoms with Crippen molar-refractivity contribution in [1.82, 2.24) is 15.0 Å². The van der Waals surface area contributed by atoms with Crippen molar-refractivity contribution in [2.75, 3.05) is 0 Å². The molecule has 0 aliphatic rings. The topological polar surface area (TPSA) is 41.6 Å². The lowest BCUT2D eigenvalue weighted by Gasteiger charge is -2.07. The van der Waals surface area contributed by atoms with Crippen LogP contribution in [0.1, 0.15) is 11.5 Å². The fraction of sp³-hybridized carbons (Fsp3) is 0.200. The monoisotopic (exact) mass is 227 g/mol. The Morgan fingerprint density at radius 3 is 2.56 bits per heavy atom. The van der Waals surface area contributed by atoms with Crippen LogP contribution in [0.15, 0.2) is 24.5 Å². The summed E-state index contributed by atoms with van der Waals surface area (Å²) in [6, 6.07) is 3.17. The number of nitrogens with one attached hydrogen (secondary N) is 1. The molecule has 16 heavy (non-hydrogen) atoms. The number of rotatable bonds is 1. The molecule has 0 fully saturated rings. The van der Waals surface area contributed by atoms with Gasteiger partial charge in [-0.15, -0.1) is 0 Å². The number of H-pyrrole nitrogens is 1. The zero-order chi connectivity index (χ0) is 11.8. The van der Waals surface area contributed by atoms with E-state index < -0.39 is 12.0 Å². The van der Waals surface area contributed by atoms with E-state index in [0.717, 1.165) is 0 Å². The minimum atomic E-state index is -4.52. The van der Waals surface area contributed by atoms with Crippen LogP contribution in [0.5, 0.6) is 0 Å². The SMILES string of the molecule is Cc1cc(-c2cc[nH]c2)nc(C(F)(F)F)n1. The molecule has 2 aromatic rings. The Bertz CT molecular complexity index is 489. The number of aromatic amines is 1. The van der Waals surface area contributed by atoms with Crippen LogP contribution >= 0.6 is 0 Å². The third-order valence-corrected chi connectivity index (χ3v) is 2.00. The number of hydrogen-bond donors (Lipinski definition) is 1. The normalized spacial score (nSPS) is 11.8. The second-order valence-electron chi connectivity index (χ2n) is 3.32. The zero-order valence-corrected chi connectivity index (χ0v) is 8.34. The van der Waals surface area contributed by atoms with Gasteiger partial charge in [-0.2, -0.15) is 13.2 Å².